The van der Waals surface area contributed by atoms with Crippen LogP contribution >= 0.6 is 11.3 Å². The van der Waals surface area contributed by atoms with Gasteiger partial charge in [-0.15, -0.1) is 11.3 Å². The summed E-state index contributed by atoms with van der Waals surface area (Å²) in [4.78, 5) is 33.1. The van der Waals surface area contributed by atoms with Gasteiger partial charge in [0.05, 0.1) is 17.2 Å². The van der Waals surface area contributed by atoms with Crippen molar-refractivity contribution in [1.82, 2.24) is 25.0 Å². The third kappa shape index (κ3) is 2.71. The van der Waals surface area contributed by atoms with Crippen molar-refractivity contribution in [3.63, 3.8) is 0 Å². The van der Waals surface area contributed by atoms with E-state index in [1.807, 2.05) is 22.1 Å². The van der Waals surface area contributed by atoms with Gasteiger partial charge in [-0.3, -0.25) is 14.7 Å². The lowest BCUT2D eigenvalue weighted by atomic mass is 9.86. The molecule has 0 radical (unpaired) electrons. The first-order valence-electron chi connectivity index (χ1n) is 8.02. The van der Waals surface area contributed by atoms with Crippen LogP contribution in [-0.4, -0.2) is 56.4 Å². The number of hydrogen-bond acceptors (Lipinski definition) is 5. The highest BCUT2D eigenvalue weighted by molar-refractivity contribution is 7.09. The average molecular weight is 345 g/mol. The summed E-state index contributed by atoms with van der Waals surface area (Å²) < 4.78 is 0. The number of nitrogens with zero attached hydrogens (tertiary/aromatic N) is 4. The molecule has 1 atom stereocenters. The first-order chi connectivity index (χ1) is 11.5. The highest BCUT2D eigenvalue weighted by Gasteiger charge is 2.48. The maximum absolute atomic E-state index is 12.5. The minimum Gasteiger partial charge on any atom is -0.337 e. The van der Waals surface area contributed by atoms with Gasteiger partial charge < -0.3 is 9.80 Å². The van der Waals surface area contributed by atoms with E-state index in [0.29, 0.717) is 38.3 Å². The molecule has 1 spiro atoms. The van der Waals surface area contributed by atoms with Gasteiger partial charge in [-0.2, -0.15) is 5.10 Å². The highest BCUT2D eigenvalue weighted by Crippen LogP contribution is 2.41. The van der Waals surface area contributed by atoms with Crippen molar-refractivity contribution in [1.29, 1.82) is 0 Å². The smallest absolute Gasteiger partial charge is 0.271 e. The molecule has 0 saturated carbocycles. The van der Waals surface area contributed by atoms with Crippen molar-refractivity contribution in [3.8, 4) is 0 Å². The summed E-state index contributed by atoms with van der Waals surface area (Å²) in [5.41, 5.74) is 1.34. The van der Waals surface area contributed by atoms with Crippen molar-refractivity contribution in [3.05, 3.63) is 34.0 Å². The molecule has 2 saturated heterocycles. The molecule has 24 heavy (non-hydrogen) atoms. The number of rotatable bonds is 3. The Kier molecular flexibility index (Phi) is 3.64. The Labute approximate surface area is 143 Å². The third-order valence-corrected chi connectivity index (χ3v) is 5.70. The molecule has 4 rings (SSSR count). The van der Waals surface area contributed by atoms with Crippen LogP contribution in [0.5, 0.6) is 0 Å². The van der Waals surface area contributed by atoms with E-state index in [1.165, 1.54) is 0 Å². The molecule has 2 aromatic rings. The van der Waals surface area contributed by atoms with Crippen molar-refractivity contribution in [2.75, 3.05) is 19.6 Å². The maximum Gasteiger partial charge on any atom is 0.271 e. The second-order valence-electron chi connectivity index (χ2n) is 6.73. The molecule has 2 aliphatic rings. The van der Waals surface area contributed by atoms with Crippen LogP contribution in [0.4, 0.5) is 0 Å². The molecule has 126 valence electrons. The van der Waals surface area contributed by atoms with E-state index in [0.717, 1.165) is 17.1 Å². The van der Waals surface area contributed by atoms with Gasteiger partial charge in [0.25, 0.3) is 5.91 Å². The number of aromatic amines is 1. The Morgan fingerprint density at radius 1 is 1.46 bits per heavy atom. The zero-order valence-electron chi connectivity index (χ0n) is 13.5. The minimum atomic E-state index is -0.113. The van der Waals surface area contributed by atoms with E-state index in [-0.39, 0.29) is 17.2 Å². The lowest BCUT2D eigenvalue weighted by Crippen LogP contribution is -2.34. The standard InChI is InChI=1S/C16H19N5O2S/c1-11-18-12(8-24-11)7-21-10-16(6-14(21)22)3-5-20(9-16)15(23)13-2-4-17-19-13/h2,4,8H,3,5-7,9-10H2,1H3,(H,17,19). The summed E-state index contributed by atoms with van der Waals surface area (Å²) in [6.07, 6.45) is 2.96. The fourth-order valence-electron chi connectivity index (χ4n) is 3.73. The number of hydrogen-bond donors (Lipinski definition) is 1. The van der Waals surface area contributed by atoms with Crippen molar-refractivity contribution in [2.24, 2.45) is 5.41 Å². The zero-order valence-corrected chi connectivity index (χ0v) is 14.3. The van der Waals surface area contributed by atoms with Gasteiger partial charge in [0.1, 0.15) is 5.69 Å². The highest BCUT2D eigenvalue weighted by atomic mass is 32.1. The fourth-order valence-corrected chi connectivity index (χ4v) is 4.33. The van der Waals surface area contributed by atoms with E-state index in [2.05, 4.69) is 15.2 Å². The van der Waals surface area contributed by atoms with Gasteiger partial charge in [0, 0.05) is 43.0 Å². The number of H-pyrrole nitrogens is 1. The largest absolute Gasteiger partial charge is 0.337 e. The molecular formula is C16H19N5O2S. The Bertz CT molecular complexity index is 771. The van der Waals surface area contributed by atoms with Crippen LogP contribution in [-0.2, 0) is 11.3 Å². The molecule has 0 bridgehead atoms. The first kappa shape index (κ1) is 15.3. The predicted octanol–water partition coefficient (Wildman–Crippen LogP) is 1.44. The Morgan fingerprint density at radius 3 is 3.04 bits per heavy atom. The summed E-state index contributed by atoms with van der Waals surface area (Å²) in [7, 11) is 0. The molecule has 2 amide bonds. The lowest BCUT2D eigenvalue weighted by Gasteiger charge is -2.23. The number of nitrogens with one attached hydrogen (secondary N) is 1. The van der Waals surface area contributed by atoms with Crippen LogP contribution in [0.1, 0.15) is 34.0 Å². The van der Waals surface area contributed by atoms with Crippen LogP contribution in [0, 0.1) is 12.3 Å². The molecule has 2 aliphatic heterocycles. The summed E-state index contributed by atoms with van der Waals surface area (Å²) in [5.74, 6) is 0.127. The molecule has 1 unspecified atom stereocenters. The van der Waals surface area contributed by atoms with Crippen LogP contribution in [0.3, 0.4) is 0 Å². The molecule has 4 heterocycles. The summed E-state index contributed by atoms with van der Waals surface area (Å²) in [6, 6.07) is 1.68. The zero-order chi connectivity index (χ0) is 16.7. The number of carbonyl (C=O) groups is 2. The van der Waals surface area contributed by atoms with Gasteiger partial charge >= 0.3 is 0 Å². The van der Waals surface area contributed by atoms with Crippen LogP contribution < -0.4 is 0 Å². The van der Waals surface area contributed by atoms with Gasteiger partial charge in [0.15, 0.2) is 0 Å². The number of carbonyl (C=O) groups excluding carboxylic acids is 2. The first-order valence-corrected chi connectivity index (χ1v) is 8.90. The normalized spacial score (nSPS) is 23.6. The van der Waals surface area contributed by atoms with E-state index >= 15 is 0 Å². The molecule has 1 N–H and O–H groups in total. The summed E-state index contributed by atoms with van der Waals surface area (Å²) in [6.45, 7) is 4.56. The van der Waals surface area contributed by atoms with Crippen molar-refractivity contribution < 1.29 is 9.59 Å². The Hall–Kier alpha value is -2.22. The molecule has 0 aromatic carbocycles. The summed E-state index contributed by atoms with van der Waals surface area (Å²) in [5, 5.41) is 9.58. The molecule has 2 aromatic heterocycles. The fraction of sp³-hybridized carbons (Fsp3) is 0.500. The second kappa shape index (κ2) is 5.70. The second-order valence-corrected chi connectivity index (χ2v) is 7.79. The average Bonchev–Trinajstić information content (AvgIpc) is 3.30. The maximum atomic E-state index is 12.5. The molecule has 0 aliphatic carbocycles. The van der Waals surface area contributed by atoms with Crippen LogP contribution in [0.2, 0.25) is 0 Å². The van der Waals surface area contributed by atoms with E-state index in [9.17, 15) is 9.59 Å². The topological polar surface area (TPSA) is 82.2 Å². The van der Waals surface area contributed by atoms with Crippen molar-refractivity contribution >= 4 is 23.2 Å². The SMILES string of the molecule is Cc1nc(CN2CC3(CCN(C(=O)c4ccn[nH]4)C3)CC2=O)cs1. The van der Waals surface area contributed by atoms with E-state index in [1.54, 1.807) is 23.6 Å². The van der Waals surface area contributed by atoms with Gasteiger partial charge in [-0.1, -0.05) is 0 Å². The van der Waals surface area contributed by atoms with Gasteiger partial charge in [0.2, 0.25) is 5.91 Å². The van der Waals surface area contributed by atoms with Crippen molar-refractivity contribution in [2.45, 2.75) is 26.3 Å². The molecular weight excluding hydrogens is 326 g/mol. The monoisotopic (exact) mass is 345 g/mol. The number of likely N-dealkylation sites (tertiary alicyclic amines) is 2. The quantitative estimate of drug-likeness (QED) is 0.912. The molecule has 2 fully saturated rings. The van der Waals surface area contributed by atoms with Crippen LogP contribution in [0.25, 0.3) is 0 Å². The Balaban J connectivity index is 1.43. The third-order valence-electron chi connectivity index (χ3n) is 4.88. The minimum absolute atomic E-state index is 0.0367. The number of amides is 2. The summed E-state index contributed by atoms with van der Waals surface area (Å²) >= 11 is 1.60. The van der Waals surface area contributed by atoms with E-state index in [4.69, 9.17) is 0 Å². The lowest BCUT2D eigenvalue weighted by molar-refractivity contribution is -0.128. The van der Waals surface area contributed by atoms with Gasteiger partial charge in [-0.05, 0) is 19.4 Å². The number of aromatic nitrogens is 3. The molecule has 7 nitrogen and oxygen atoms in total. The van der Waals surface area contributed by atoms with Crippen LogP contribution in [0.15, 0.2) is 17.6 Å². The Morgan fingerprint density at radius 2 is 2.33 bits per heavy atom. The predicted molar refractivity (Wildman–Crippen MR) is 88.4 cm³/mol. The number of aryl methyl sites for hydroxylation is 1. The van der Waals surface area contributed by atoms with Gasteiger partial charge in [-0.25, -0.2) is 4.98 Å². The number of thiazole rings is 1. The van der Waals surface area contributed by atoms with E-state index < -0.39 is 0 Å². The molecule has 8 heteroatoms.